The number of piperazine rings is 1. The van der Waals surface area contributed by atoms with Crippen molar-refractivity contribution in [2.24, 2.45) is 0 Å². The minimum atomic E-state index is -2.73. The molecule has 1 rings (SSSR count). The van der Waals surface area contributed by atoms with E-state index in [1.54, 1.807) is 7.05 Å². The van der Waals surface area contributed by atoms with E-state index in [1.165, 1.54) is 7.11 Å². The van der Waals surface area contributed by atoms with Crippen LogP contribution < -0.4 is 5.09 Å². The van der Waals surface area contributed by atoms with Crippen molar-refractivity contribution < 1.29 is 9.09 Å². The van der Waals surface area contributed by atoms with Gasteiger partial charge in [-0.3, -0.25) is 4.57 Å². The van der Waals surface area contributed by atoms with Crippen molar-refractivity contribution in [1.82, 2.24) is 14.7 Å². The van der Waals surface area contributed by atoms with Gasteiger partial charge in [0.25, 0.3) is 0 Å². The second-order valence-corrected chi connectivity index (χ2v) is 5.60. The van der Waals surface area contributed by atoms with Crippen molar-refractivity contribution in [2.75, 3.05) is 47.4 Å². The van der Waals surface area contributed by atoms with Crippen LogP contribution in [0.2, 0.25) is 0 Å². The maximum atomic E-state index is 12.0. The minimum Gasteiger partial charge on any atom is -0.309 e. The summed E-state index contributed by atoms with van der Waals surface area (Å²) in [5.41, 5.74) is 0. The van der Waals surface area contributed by atoms with Crippen LogP contribution in [0.25, 0.3) is 0 Å². The molecule has 1 aliphatic rings. The highest BCUT2D eigenvalue weighted by Gasteiger charge is 2.30. The van der Waals surface area contributed by atoms with E-state index in [0.29, 0.717) is 0 Å². The molecule has 78 valence electrons. The largest absolute Gasteiger partial charge is 0.342 e. The summed E-state index contributed by atoms with van der Waals surface area (Å²) in [6, 6.07) is 0. The van der Waals surface area contributed by atoms with Crippen LogP contribution in [0.1, 0.15) is 0 Å². The van der Waals surface area contributed by atoms with Gasteiger partial charge in [-0.25, -0.2) is 9.76 Å². The van der Waals surface area contributed by atoms with Gasteiger partial charge >= 0.3 is 7.67 Å². The van der Waals surface area contributed by atoms with E-state index in [0.717, 1.165) is 26.2 Å². The SMILES string of the molecule is CNP(=O)(OC)N1CCN(C)CC1. The first-order valence-corrected chi connectivity index (χ1v) is 5.99. The highest BCUT2D eigenvalue weighted by molar-refractivity contribution is 7.54. The number of nitrogens with zero attached hydrogens (tertiary/aromatic N) is 2. The molecule has 0 aromatic rings. The van der Waals surface area contributed by atoms with Gasteiger partial charge in [0.15, 0.2) is 0 Å². The van der Waals surface area contributed by atoms with Crippen LogP contribution in [-0.4, -0.2) is 57.0 Å². The Balaban J connectivity index is 2.56. The van der Waals surface area contributed by atoms with Gasteiger partial charge in [-0.1, -0.05) is 0 Å². The Labute approximate surface area is 79.6 Å². The topological polar surface area (TPSA) is 44.8 Å². The molecule has 0 amide bonds. The molecule has 0 aromatic heterocycles. The average Bonchev–Trinajstić information content (AvgIpc) is 2.18. The maximum absolute atomic E-state index is 12.0. The Bertz CT molecular complexity index is 196. The van der Waals surface area contributed by atoms with Gasteiger partial charge in [-0.2, -0.15) is 0 Å². The molecular weight excluding hydrogens is 189 g/mol. The van der Waals surface area contributed by atoms with Crippen molar-refractivity contribution in [1.29, 1.82) is 0 Å². The number of rotatable bonds is 3. The summed E-state index contributed by atoms with van der Waals surface area (Å²) in [5, 5.41) is 2.75. The van der Waals surface area contributed by atoms with Crippen LogP contribution in [0.15, 0.2) is 0 Å². The van der Waals surface area contributed by atoms with Gasteiger partial charge < -0.3 is 9.42 Å². The Hall–Kier alpha value is 0.0700. The highest BCUT2D eigenvalue weighted by Crippen LogP contribution is 2.45. The minimum absolute atomic E-state index is 0.794. The van der Waals surface area contributed by atoms with Gasteiger partial charge in [0.05, 0.1) is 0 Å². The number of nitrogens with one attached hydrogen (secondary N) is 1. The Morgan fingerprint density at radius 3 is 2.23 bits per heavy atom. The zero-order chi connectivity index (χ0) is 9.90. The van der Waals surface area contributed by atoms with Crippen LogP contribution >= 0.6 is 7.67 Å². The summed E-state index contributed by atoms with van der Waals surface area (Å²) in [5.74, 6) is 0. The molecule has 0 radical (unpaired) electrons. The van der Waals surface area contributed by atoms with E-state index in [1.807, 2.05) is 4.67 Å². The summed E-state index contributed by atoms with van der Waals surface area (Å²) in [7, 11) is 2.49. The van der Waals surface area contributed by atoms with Crippen LogP contribution in [0, 0.1) is 0 Å². The lowest BCUT2D eigenvalue weighted by Crippen LogP contribution is -2.44. The molecule has 1 heterocycles. The summed E-state index contributed by atoms with van der Waals surface area (Å²) in [6.45, 7) is 3.47. The third-order valence-corrected chi connectivity index (χ3v) is 4.59. The number of likely N-dealkylation sites (N-methyl/N-ethyl adjacent to an activating group) is 1. The number of hydrogen-bond donors (Lipinski definition) is 1. The zero-order valence-corrected chi connectivity index (χ0v) is 9.38. The predicted octanol–water partition coefficient (Wildman–Crippen LogP) is 0.208. The molecule has 0 spiro atoms. The summed E-state index contributed by atoms with van der Waals surface area (Å²) in [6.07, 6.45) is 0. The average molecular weight is 207 g/mol. The van der Waals surface area contributed by atoms with E-state index < -0.39 is 7.67 Å². The first-order chi connectivity index (χ1) is 6.12. The van der Waals surface area contributed by atoms with Gasteiger partial charge in [0.2, 0.25) is 0 Å². The number of hydrogen-bond acceptors (Lipinski definition) is 3. The monoisotopic (exact) mass is 207 g/mol. The third kappa shape index (κ3) is 2.51. The first kappa shape index (κ1) is 11.1. The fourth-order valence-corrected chi connectivity index (χ4v) is 2.81. The Kier molecular flexibility index (Phi) is 3.88. The molecule has 1 unspecified atom stereocenters. The van der Waals surface area contributed by atoms with Crippen LogP contribution in [0.3, 0.4) is 0 Å². The van der Waals surface area contributed by atoms with Gasteiger partial charge in [0, 0.05) is 33.3 Å². The Morgan fingerprint density at radius 1 is 1.31 bits per heavy atom. The van der Waals surface area contributed by atoms with Crippen molar-refractivity contribution in [3.8, 4) is 0 Å². The first-order valence-electron chi connectivity index (χ1n) is 4.41. The lowest BCUT2D eigenvalue weighted by molar-refractivity contribution is 0.197. The molecule has 1 saturated heterocycles. The third-order valence-electron chi connectivity index (χ3n) is 2.38. The lowest BCUT2D eigenvalue weighted by atomic mass is 10.4. The van der Waals surface area contributed by atoms with E-state index in [9.17, 15) is 4.57 Å². The maximum Gasteiger partial charge on any atom is 0.342 e. The molecule has 0 saturated carbocycles. The standard InChI is InChI=1S/C7H18N3O2P/c1-8-13(11,12-3)10-6-4-9(2)5-7-10/h4-7H2,1-3H3,(H,8,11). The fraction of sp³-hybridized carbons (Fsp3) is 1.00. The fourth-order valence-electron chi connectivity index (χ4n) is 1.41. The molecule has 0 aliphatic carbocycles. The molecule has 1 aliphatic heterocycles. The molecule has 5 nitrogen and oxygen atoms in total. The predicted molar refractivity (Wildman–Crippen MR) is 52.7 cm³/mol. The van der Waals surface area contributed by atoms with Crippen molar-refractivity contribution in [2.45, 2.75) is 0 Å². The molecule has 13 heavy (non-hydrogen) atoms. The Morgan fingerprint density at radius 2 is 1.85 bits per heavy atom. The highest BCUT2D eigenvalue weighted by atomic mass is 31.2. The quantitative estimate of drug-likeness (QED) is 0.670. The molecule has 1 atom stereocenters. The van der Waals surface area contributed by atoms with E-state index in [2.05, 4.69) is 17.0 Å². The van der Waals surface area contributed by atoms with Crippen LogP contribution in [0.5, 0.6) is 0 Å². The molecular formula is C7H18N3O2P. The normalized spacial score (nSPS) is 25.8. The van der Waals surface area contributed by atoms with Crippen LogP contribution in [0.4, 0.5) is 0 Å². The van der Waals surface area contributed by atoms with Crippen molar-refractivity contribution in [3.05, 3.63) is 0 Å². The van der Waals surface area contributed by atoms with E-state index in [4.69, 9.17) is 4.52 Å². The van der Waals surface area contributed by atoms with Gasteiger partial charge in [-0.05, 0) is 14.1 Å². The summed E-state index contributed by atoms with van der Waals surface area (Å²) < 4.78 is 18.9. The van der Waals surface area contributed by atoms with Crippen LogP contribution in [-0.2, 0) is 9.09 Å². The summed E-state index contributed by atoms with van der Waals surface area (Å²) in [4.78, 5) is 2.21. The van der Waals surface area contributed by atoms with Crippen molar-refractivity contribution in [3.63, 3.8) is 0 Å². The molecule has 1 N–H and O–H groups in total. The lowest BCUT2D eigenvalue weighted by Gasteiger charge is -2.35. The van der Waals surface area contributed by atoms with Gasteiger partial charge in [0.1, 0.15) is 0 Å². The van der Waals surface area contributed by atoms with E-state index in [-0.39, 0.29) is 0 Å². The second-order valence-electron chi connectivity index (χ2n) is 3.18. The smallest absolute Gasteiger partial charge is 0.309 e. The summed E-state index contributed by atoms with van der Waals surface area (Å²) >= 11 is 0. The molecule has 1 fully saturated rings. The molecule has 0 bridgehead atoms. The van der Waals surface area contributed by atoms with Crippen molar-refractivity contribution >= 4 is 7.67 Å². The van der Waals surface area contributed by atoms with Gasteiger partial charge in [-0.15, -0.1) is 0 Å². The zero-order valence-electron chi connectivity index (χ0n) is 8.49. The molecule has 0 aromatic carbocycles. The van der Waals surface area contributed by atoms with E-state index >= 15 is 0 Å². The second kappa shape index (κ2) is 4.53. The molecule has 6 heteroatoms.